The predicted octanol–water partition coefficient (Wildman–Crippen LogP) is 5.87. The molecule has 2 atom stereocenters. The minimum absolute atomic E-state index is 0.0647. The normalized spacial score (nSPS) is 12.8. The van der Waals surface area contributed by atoms with Gasteiger partial charge in [-0.25, -0.2) is 0 Å². The first-order valence-corrected chi connectivity index (χ1v) is 12.3. The number of nitrogens with zero attached hydrogens (tertiary/aromatic N) is 1. The summed E-state index contributed by atoms with van der Waals surface area (Å²) in [5.74, 6) is 0.699. The number of thioether (sulfide) groups is 1. The molecule has 31 heavy (non-hydrogen) atoms. The molecule has 0 saturated carbocycles. The molecule has 2 amide bonds. The molecule has 0 aromatic heterocycles. The Balaban J connectivity index is 2.08. The fourth-order valence-electron chi connectivity index (χ4n) is 3.02. The smallest absolute Gasteiger partial charge is 0.242 e. The molecule has 0 bridgehead atoms. The third-order valence-electron chi connectivity index (χ3n) is 5.08. The van der Waals surface area contributed by atoms with Crippen molar-refractivity contribution in [1.29, 1.82) is 0 Å². The maximum absolute atomic E-state index is 13.1. The zero-order valence-electron chi connectivity index (χ0n) is 18.5. The van der Waals surface area contributed by atoms with Gasteiger partial charge in [0.2, 0.25) is 11.8 Å². The molecule has 0 fully saturated rings. The molecule has 0 unspecified atom stereocenters. The summed E-state index contributed by atoms with van der Waals surface area (Å²) in [6, 6.07) is 13.0. The highest BCUT2D eigenvalue weighted by atomic mass is 35.5. The third kappa shape index (κ3) is 8.06. The van der Waals surface area contributed by atoms with Crippen LogP contribution in [0.3, 0.4) is 0 Å². The fourth-order valence-corrected chi connectivity index (χ4v) is 4.20. The average molecular weight is 481 g/mol. The van der Waals surface area contributed by atoms with Gasteiger partial charge in [-0.15, -0.1) is 11.8 Å². The fraction of sp³-hybridized carbons (Fsp3) is 0.417. The Morgan fingerprint density at radius 2 is 1.81 bits per heavy atom. The molecule has 0 aliphatic rings. The highest BCUT2D eigenvalue weighted by Crippen LogP contribution is 2.25. The third-order valence-corrected chi connectivity index (χ3v) is 6.81. The minimum atomic E-state index is -0.562. The van der Waals surface area contributed by atoms with E-state index in [2.05, 4.69) is 5.32 Å². The van der Waals surface area contributed by atoms with Crippen LogP contribution in [0.25, 0.3) is 0 Å². The first kappa shape index (κ1) is 25.6. The lowest BCUT2D eigenvalue weighted by Crippen LogP contribution is -2.50. The molecule has 2 rings (SSSR count). The zero-order valence-corrected chi connectivity index (χ0v) is 20.8. The largest absolute Gasteiger partial charge is 0.352 e. The molecule has 0 aliphatic carbocycles. The van der Waals surface area contributed by atoms with E-state index in [-0.39, 0.29) is 23.6 Å². The molecule has 1 N–H and O–H groups in total. The van der Waals surface area contributed by atoms with Crippen LogP contribution in [-0.2, 0) is 21.9 Å². The molecule has 2 aromatic carbocycles. The van der Waals surface area contributed by atoms with E-state index in [1.54, 1.807) is 17.9 Å². The zero-order chi connectivity index (χ0) is 23.0. The van der Waals surface area contributed by atoms with Crippen molar-refractivity contribution in [2.75, 3.05) is 5.75 Å². The van der Waals surface area contributed by atoms with Crippen LogP contribution in [0, 0.1) is 6.92 Å². The van der Waals surface area contributed by atoms with Crippen molar-refractivity contribution in [2.24, 2.45) is 0 Å². The summed E-state index contributed by atoms with van der Waals surface area (Å²) in [6.07, 6.45) is 0.837. The van der Waals surface area contributed by atoms with Crippen LogP contribution in [0.1, 0.15) is 43.9 Å². The second-order valence-electron chi connectivity index (χ2n) is 7.75. The summed E-state index contributed by atoms with van der Waals surface area (Å²) in [4.78, 5) is 27.5. The standard InChI is InChI=1S/C24H30Cl2N2O2S/c1-5-17(3)27-24(30)18(4)28(13-19-8-6-7-16(2)11-19)23(29)15-31-14-20-9-10-21(25)22(26)12-20/h6-12,17-18H,5,13-15H2,1-4H3,(H,27,30)/t17-,18+/m1/s1. The van der Waals surface area contributed by atoms with Crippen LogP contribution < -0.4 is 5.32 Å². The second kappa shape index (κ2) is 12.4. The van der Waals surface area contributed by atoms with Crippen LogP contribution in [0.5, 0.6) is 0 Å². The van der Waals surface area contributed by atoms with Crippen molar-refractivity contribution in [3.05, 3.63) is 69.2 Å². The molecule has 0 saturated heterocycles. The summed E-state index contributed by atoms with van der Waals surface area (Å²) >= 11 is 13.5. The van der Waals surface area contributed by atoms with Crippen molar-refractivity contribution < 1.29 is 9.59 Å². The van der Waals surface area contributed by atoms with Crippen molar-refractivity contribution in [3.8, 4) is 0 Å². The van der Waals surface area contributed by atoms with E-state index in [0.717, 1.165) is 23.1 Å². The molecular formula is C24H30Cl2N2O2S. The molecule has 7 heteroatoms. The average Bonchev–Trinajstić information content (AvgIpc) is 2.73. The molecule has 0 spiro atoms. The lowest BCUT2D eigenvalue weighted by molar-refractivity contribution is -0.138. The Bertz CT molecular complexity index is 907. The monoisotopic (exact) mass is 480 g/mol. The Hall–Kier alpha value is -1.69. The highest BCUT2D eigenvalue weighted by molar-refractivity contribution is 7.99. The van der Waals surface area contributed by atoms with Crippen LogP contribution in [0.4, 0.5) is 0 Å². The number of aryl methyl sites for hydroxylation is 1. The van der Waals surface area contributed by atoms with E-state index in [1.807, 2.05) is 57.2 Å². The maximum atomic E-state index is 13.1. The molecule has 0 radical (unpaired) electrons. The van der Waals surface area contributed by atoms with Crippen molar-refractivity contribution in [3.63, 3.8) is 0 Å². The molecular weight excluding hydrogens is 451 g/mol. The van der Waals surface area contributed by atoms with Gasteiger partial charge in [-0.1, -0.05) is 66.0 Å². The lowest BCUT2D eigenvalue weighted by Gasteiger charge is -2.29. The molecule has 0 aliphatic heterocycles. The van der Waals surface area contributed by atoms with Gasteiger partial charge in [-0.2, -0.15) is 0 Å². The van der Waals surface area contributed by atoms with Crippen molar-refractivity contribution >= 4 is 46.8 Å². The van der Waals surface area contributed by atoms with E-state index in [0.29, 0.717) is 22.3 Å². The van der Waals surface area contributed by atoms with Gasteiger partial charge in [0.25, 0.3) is 0 Å². The number of hydrogen-bond acceptors (Lipinski definition) is 3. The molecule has 4 nitrogen and oxygen atoms in total. The number of hydrogen-bond donors (Lipinski definition) is 1. The molecule has 2 aromatic rings. The summed E-state index contributed by atoms with van der Waals surface area (Å²) in [7, 11) is 0. The Morgan fingerprint density at radius 3 is 2.45 bits per heavy atom. The second-order valence-corrected chi connectivity index (χ2v) is 9.55. The topological polar surface area (TPSA) is 49.4 Å². The van der Waals surface area contributed by atoms with Crippen LogP contribution >= 0.6 is 35.0 Å². The van der Waals surface area contributed by atoms with Gasteiger partial charge in [-0.3, -0.25) is 9.59 Å². The van der Waals surface area contributed by atoms with Crippen LogP contribution in [0.15, 0.2) is 42.5 Å². The Labute approximate surface area is 199 Å². The summed E-state index contributed by atoms with van der Waals surface area (Å²) in [5.41, 5.74) is 3.13. The number of carbonyl (C=O) groups is 2. The van der Waals surface area contributed by atoms with E-state index in [9.17, 15) is 9.59 Å². The van der Waals surface area contributed by atoms with E-state index in [1.165, 1.54) is 11.8 Å². The number of amides is 2. The van der Waals surface area contributed by atoms with Crippen molar-refractivity contribution in [2.45, 2.75) is 58.5 Å². The van der Waals surface area contributed by atoms with Gasteiger partial charge in [-0.05, 0) is 50.5 Å². The number of nitrogens with one attached hydrogen (secondary N) is 1. The number of rotatable bonds is 10. The minimum Gasteiger partial charge on any atom is -0.352 e. The number of halogens is 2. The SMILES string of the molecule is CC[C@@H](C)NC(=O)[C@H](C)N(Cc1cccc(C)c1)C(=O)CSCc1ccc(Cl)c(Cl)c1. The number of carbonyl (C=O) groups excluding carboxylic acids is 2. The summed E-state index contributed by atoms with van der Waals surface area (Å²) in [5, 5.41) is 4.00. The Morgan fingerprint density at radius 1 is 1.06 bits per heavy atom. The summed E-state index contributed by atoms with van der Waals surface area (Å²) in [6.45, 7) is 8.18. The number of benzene rings is 2. The van der Waals surface area contributed by atoms with Gasteiger partial charge >= 0.3 is 0 Å². The predicted molar refractivity (Wildman–Crippen MR) is 132 cm³/mol. The van der Waals surface area contributed by atoms with Gasteiger partial charge in [0, 0.05) is 18.3 Å². The molecule has 0 heterocycles. The summed E-state index contributed by atoms with van der Waals surface area (Å²) < 4.78 is 0. The van der Waals surface area contributed by atoms with E-state index in [4.69, 9.17) is 23.2 Å². The van der Waals surface area contributed by atoms with E-state index >= 15 is 0 Å². The van der Waals surface area contributed by atoms with Crippen LogP contribution in [0.2, 0.25) is 10.0 Å². The maximum Gasteiger partial charge on any atom is 0.242 e. The van der Waals surface area contributed by atoms with Gasteiger partial charge < -0.3 is 10.2 Å². The first-order valence-electron chi connectivity index (χ1n) is 10.4. The lowest BCUT2D eigenvalue weighted by atomic mass is 10.1. The quantitative estimate of drug-likeness (QED) is 0.462. The first-order chi connectivity index (χ1) is 14.7. The van der Waals surface area contributed by atoms with E-state index < -0.39 is 6.04 Å². The highest BCUT2D eigenvalue weighted by Gasteiger charge is 2.26. The molecule has 168 valence electrons. The van der Waals surface area contributed by atoms with Crippen LogP contribution in [-0.4, -0.2) is 34.6 Å². The van der Waals surface area contributed by atoms with Gasteiger partial charge in [0.1, 0.15) is 6.04 Å². The Kier molecular flexibility index (Phi) is 10.2. The van der Waals surface area contributed by atoms with Gasteiger partial charge in [0.15, 0.2) is 0 Å². The van der Waals surface area contributed by atoms with Crippen molar-refractivity contribution in [1.82, 2.24) is 10.2 Å². The van der Waals surface area contributed by atoms with Gasteiger partial charge in [0.05, 0.1) is 15.8 Å².